The van der Waals surface area contributed by atoms with E-state index < -0.39 is 0 Å². The van der Waals surface area contributed by atoms with Crippen LogP contribution in [-0.2, 0) is 0 Å². The first-order valence-electron chi connectivity index (χ1n) is 7.71. The zero-order valence-corrected chi connectivity index (χ0v) is 14.8. The van der Waals surface area contributed by atoms with Gasteiger partial charge in [-0.1, -0.05) is 29.3 Å². The van der Waals surface area contributed by atoms with Crippen LogP contribution in [0.5, 0.6) is 0 Å². The van der Waals surface area contributed by atoms with Crippen molar-refractivity contribution in [3.05, 3.63) is 76.7 Å². The van der Waals surface area contributed by atoms with Gasteiger partial charge in [0.1, 0.15) is 17.7 Å². The van der Waals surface area contributed by atoms with Crippen molar-refractivity contribution < 1.29 is 0 Å². The molecule has 0 bridgehead atoms. The van der Waals surface area contributed by atoms with Crippen molar-refractivity contribution in [2.24, 2.45) is 0 Å². The summed E-state index contributed by atoms with van der Waals surface area (Å²) >= 11 is 12.5. The van der Waals surface area contributed by atoms with Crippen LogP contribution < -0.4 is 5.32 Å². The minimum absolute atomic E-state index is 0.516. The van der Waals surface area contributed by atoms with Crippen LogP contribution in [-0.4, -0.2) is 14.5 Å². The molecule has 1 aromatic carbocycles. The van der Waals surface area contributed by atoms with Gasteiger partial charge in [-0.15, -0.1) is 0 Å². The Labute approximate surface area is 159 Å². The number of halogens is 2. The fourth-order valence-corrected chi connectivity index (χ4v) is 3.19. The average Bonchev–Trinajstić information content (AvgIpc) is 3.10. The number of rotatable bonds is 3. The van der Waals surface area contributed by atoms with E-state index in [4.69, 9.17) is 28.5 Å². The average molecular weight is 380 g/mol. The van der Waals surface area contributed by atoms with E-state index in [1.165, 1.54) is 0 Å². The maximum absolute atomic E-state index is 8.92. The molecule has 0 radical (unpaired) electrons. The number of anilines is 2. The van der Waals surface area contributed by atoms with Crippen LogP contribution in [0.25, 0.3) is 16.7 Å². The summed E-state index contributed by atoms with van der Waals surface area (Å²) in [6.07, 6.45) is 5.15. The number of nitrogens with zero attached hydrogens (tertiary/aromatic N) is 4. The molecule has 7 heteroatoms. The second kappa shape index (κ2) is 6.68. The van der Waals surface area contributed by atoms with Gasteiger partial charge < -0.3 is 9.88 Å². The van der Waals surface area contributed by atoms with Gasteiger partial charge in [0.25, 0.3) is 0 Å². The highest BCUT2D eigenvalue weighted by Crippen LogP contribution is 2.34. The van der Waals surface area contributed by atoms with Crippen LogP contribution in [0.3, 0.4) is 0 Å². The fraction of sp³-hybridized carbons (Fsp3) is 0. The van der Waals surface area contributed by atoms with Gasteiger partial charge in [-0.2, -0.15) is 5.26 Å². The third kappa shape index (κ3) is 2.86. The summed E-state index contributed by atoms with van der Waals surface area (Å²) in [6.45, 7) is 0. The second-order valence-electron chi connectivity index (χ2n) is 5.52. The van der Waals surface area contributed by atoms with Gasteiger partial charge in [0.05, 0.1) is 26.8 Å². The van der Waals surface area contributed by atoms with Crippen LogP contribution in [0, 0.1) is 11.3 Å². The number of fused-ring (bicyclic) bond motifs is 1. The van der Waals surface area contributed by atoms with E-state index >= 15 is 0 Å². The molecular weight excluding hydrogens is 369 g/mol. The Morgan fingerprint density at radius 2 is 1.81 bits per heavy atom. The summed E-state index contributed by atoms with van der Waals surface area (Å²) in [5, 5.41) is 14.1. The smallest absolute Gasteiger partial charge is 0.139 e. The number of pyridine rings is 2. The second-order valence-corrected chi connectivity index (χ2v) is 6.33. The Morgan fingerprint density at radius 1 is 1.00 bits per heavy atom. The van der Waals surface area contributed by atoms with Crippen LogP contribution in [0.1, 0.15) is 5.56 Å². The molecule has 26 heavy (non-hydrogen) atoms. The molecule has 0 amide bonds. The lowest BCUT2D eigenvalue weighted by Crippen LogP contribution is -1.98. The van der Waals surface area contributed by atoms with Crippen LogP contribution >= 0.6 is 23.2 Å². The van der Waals surface area contributed by atoms with Crippen molar-refractivity contribution in [2.45, 2.75) is 0 Å². The summed E-state index contributed by atoms with van der Waals surface area (Å²) in [5.74, 6) is 1.36. The van der Waals surface area contributed by atoms with Crippen LogP contribution in [0.15, 0.2) is 61.1 Å². The van der Waals surface area contributed by atoms with Gasteiger partial charge in [-0.05, 0) is 36.4 Å². The predicted molar refractivity (Wildman–Crippen MR) is 103 cm³/mol. The quantitative estimate of drug-likeness (QED) is 0.521. The number of nitrogens with one attached hydrogen (secondary N) is 1. The Morgan fingerprint density at radius 3 is 2.50 bits per heavy atom. The molecule has 4 rings (SSSR count). The number of para-hydroxylation sites is 1. The van der Waals surface area contributed by atoms with Crippen molar-refractivity contribution in [3.8, 4) is 11.9 Å². The van der Waals surface area contributed by atoms with Crippen molar-refractivity contribution in [1.29, 1.82) is 5.26 Å². The van der Waals surface area contributed by atoms with Gasteiger partial charge in [0, 0.05) is 24.0 Å². The largest absolute Gasteiger partial charge is 0.337 e. The van der Waals surface area contributed by atoms with E-state index in [9.17, 15) is 0 Å². The van der Waals surface area contributed by atoms with Crippen molar-refractivity contribution in [1.82, 2.24) is 14.5 Å². The minimum Gasteiger partial charge on any atom is -0.337 e. The molecule has 0 atom stereocenters. The molecule has 0 aliphatic carbocycles. The van der Waals surface area contributed by atoms with E-state index in [-0.39, 0.29) is 0 Å². The number of hydrogen-bond donors (Lipinski definition) is 1. The molecule has 3 heterocycles. The van der Waals surface area contributed by atoms with Gasteiger partial charge >= 0.3 is 0 Å². The van der Waals surface area contributed by atoms with Crippen LogP contribution in [0.2, 0.25) is 10.0 Å². The standard InChI is InChI=1S/C19H11Cl2N5/c20-14-2-1-3-15(21)18(14)25-19-13-7-9-26(16(13)6-8-23-19)17-5-4-12(10-22)11-24-17/h1-9,11H,(H,23,25). The summed E-state index contributed by atoms with van der Waals surface area (Å²) in [5.41, 5.74) is 2.05. The van der Waals surface area contributed by atoms with Gasteiger partial charge in [-0.25, -0.2) is 9.97 Å². The molecule has 0 aliphatic rings. The lowest BCUT2D eigenvalue weighted by Gasteiger charge is -2.11. The summed E-state index contributed by atoms with van der Waals surface area (Å²) < 4.78 is 1.93. The highest BCUT2D eigenvalue weighted by atomic mass is 35.5. The third-order valence-electron chi connectivity index (χ3n) is 3.95. The SMILES string of the molecule is N#Cc1ccc(-n2ccc3c(Nc4c(Cl)cccc4Cl)nccc32)nc1. The van der Waals surface area contributed by atoms with Crippen molar-refractivity contribution >= 4 is 45.6 Å². The molecule has 5 nitrogen and oxygen atoms in total. The van der Waals surface area contributed by atoms with Crippen LogP contribution in [0.4, 0.5) is 11.5 Å². The maximum atomic E-state index is 8.92. The first kappa shape index (κ1) is 16.4. The molecule has 0 fully saturated rings. The molecule has 4 aromatic rings. The number of hydrogen-bond acceptors (Lipinski definition) is 4. The lowest BCUT2D eigenvalue weighted by molar-refractivity contribution is 1.04. The topological polar surface area (TPSA) is 66.5 Å². The highest BCUT2D eigenvalue weighted by Gasteiger charge is 2.12. The third-order valence-corrected chi connectivity index (χ3v) is 4.58. The number of aromatic nitrogens is 3. The normalized spacial score (nSPS) is 10.7. The zero-order valence-electron chi connectivity index (χ0n) is 13.3. The van der Waals surface area contributed by atoms with E-state index in [1.807, 2.05) is 22.9 Å². The highest BCUT2D eigenvalue weighted by molar-refractivity contribution is 6.39. The Balaban J connectivity index is 1.79. The van der Waals surface area contributed by atoms with Gasteiger partial charge in [0.15, 0.2) is 0 Å². The van der Waals surface area contributed by atoms with Gasteiger partial charge in [0.2, 0.25) is 0 Å². The van der Waals surface area contributed by atoms with E-state index in [0.717, 1.165) is 10.9 Å². The Hall–Kier alpha value is -3.07. The summed E-state index contributed by atoms with van der Waals surface area (Å²) in [4.78, 5) is 8.76. The lowest BCUT2D eigenvalue weighted by atomic mass is 10.2. The molecule has 3 aromatic heterocycles. The predicted octanol–water partition coefficient (Wildman–Crippen LogP) is 5.34. The minimum atomic E-state index is 0.516. The molecule has 0 spiro atoms. The first-order chi connectivity index (χ1) is 12.7. The van der Waals surface area contributed by atoms with E-state index in [2.05, 4.69) is 21.4 Å². The van der Waals surface area contributed by atoms with Crippen molar-refractivity contribution in [2.75, 3.05) is 5.32 Å². The zero-order chi connectivity index (χ0) is 18.1. The molecule has 1 N–H and O–H groups in total. The fourth-order valence-electron chi connectivity index (χ4n) is 2.70. The summed E-state index contributed by atoms with van der Waals surface area (Å²) in [6, 6.07) is 14.8. The molecule has 0 aliphatic heterocycles. The monoisotopic (exact) mass is 379 g/mol. The Bertz CT molecular complexity index is 1120. The number of benzene rings is 1. The number of nitriles is 1. The molecule has 0 saturated carbocycles. The molecule has 0 unspecified atom stereocenters. The summed E-state index contributed by atoms with van der Waals surface area (Å²) in [7, 11) is 0. The molecule has 126 valence electrons. The Kier molecular flexibility index (Phi) is 4.21. The van der Waals surface area contributed by atoms with E-state index in [1.54, 1.807) is 42.7 Å². The van der Waals surface area contributed by atoms with E-state index in [0.29, 0.717) is 32.9 Å². The molecular formula is C19H11Cl2N5. The van der Waals surface area contributed by atoms with Crippen molar-refractivity contribution in [3.63, 3.8) is 0 Å². The maximum Gasteiger partial charge on any atom is 0.139 e. The van der Waals surface area contributed by atoms with Gasteiger partial charge in [-0.3, -0.25) is 0 Å². The first-order valence-corrected chi connectivity index (χ1v) is 8.46. The molecule has 0 saturated heterocycles.